The Labute approximate surface area is 70.6 Å². The highest BCUT2D eigenvalue weighted by Gasteiger charge is 2.01. The van der Waals surface area contributed by atoms with Crippen LogP contribution in [0.25, 0.3) is 0 Å². The Kier molecular flexibility index (Phi) is 5.00. The number of carbonyl (C=O) groups excluding carboxylic acids is 2. The fourth-order valence-electron chi connectivity index (χ4n) is 0.531. The Bertz CT molecular complexity index is 231. The Hall–Kier alpha value is -1.84. The van der Waals surface area contributed by atoms with Gasteiger partial charge in [0, 0.05) is 5.57 Å². The van der Waals surface area contributed by atoms with Gasteiger partial charge in [0.15, 0.2) is 0 Å². The van der Waals surface area contributed by atoms with Gasteiger partial charge in [-0.1, -0.05) is 31.4 Å². The minimum Gasteiger partial charge on any atom is -0.277 e. The molecule has 0 aliphatic rings. The zero-order valence-corrected chi connectivity index (χ0v) is 6.54. The average molecular weight is 166 g/mol. The van der Waals surface area contributed by atoms with Crippen LogP contribution in [0.2, 0.25) is 0 Å². The molecule has 0 rings (SSSR count). The summed E-state index contributed by atoms with van der Waals surface area (Å²) >= 11 is 0. The SMILES string of the molecule is C=C/C=C(\C=C)C(=O)NNC=O. The fraction of sp³-hybridized carbons (Fsp3) is 0. The van der Waals surface area contributed by atoms with E-state index in [1.807, 2.05) is 5.43 Å². The maximum atomic E-state index is 11.0. The molecule has 12 heavy (non-hydrogen) atoms. The first-order valence-electron chi connectivity index (χ1n) is 3.21. The van der Waals surface area contributed by atoms with Crippen LogP contribution in [0.1, 0.15) is 0 Å². The van der Waals surface area contributed by atoms with Gasteiger partial charge in [0.2, 0.25) is 6.41 Å². The first kappa shape index (κ1) is 10.2. The van der Waals surface area contributed by atoms with E-state index in [1.54, 1.807) is 0 Å². The van der Waals surface area contributed by atoms with Crippen molar-refractivity contribution in [1.29, 1.82) is 0 Å². The van der Waals surface area contributed by atoms with Crippen LogP contribution in [0, 0.1) is 0 Å². The quantitative estimate of drug-likeness (QED) is 0.262. The molecule has 0 bridgehead atoms. The molecule has 2 N–H and O–H groups in total. The van der Waals surface area contributed by atoms with Crippen LogP contribution < -0.4 is 10.9 Å². The summed E-state index contributed by atoms with van der Waals surface area (Å²) in [4.78, 5) is 20.8. The van der Waals surface area contributed by atoms with Crippen molar-refractivity contribution in [3.63, 3.8) is 0 Å². The third-order valence-electron chi connectivity index (χ3n) is 1.02. The van der Waals surface area contributed by atoms with Crippen molar-refractivity contribution < 1.29 is 9.59 Å². The van der Waals surface area contributed by atoms with Crippen molar-refractivity contribution >= 4 is 12.3 Å². The second kappa shape index (κ2) is 5.91. The maximum Gasteiger partial charge on any atom is 0.269 e. The highest BCUT2D eigenvalue weighted by Crippen LogP contribution is 1.94. The maximum absolute atomic E-state index is 11.0. The zero-order valence-electron chi connectivity index (χ0n) is 6.54. The van der Waals surface area contributed by atoms with Crippen LogP contribution in [0.5, 0.6) is 0 Å². The first-order chi connectivity index (χ1) is 5.76. The summed E-state index contributed by atoms with van der Waals surface area (Å²) in [6, 6.07) is 0. The molecule has 0 radical (unpaired) electrons. The summed E-state index contributed by atoms with van der Waals surface area (Å²) in [6.07, 6.45) is 4.67. The predicted octanol–water partition coefficient (Wildman–Crippen LogP) is 0.0620. The molecule has 0 unspecified atom stereocenters. The molecule has 0 atom stereocenters. The highest BCUT2D eigenvalue weighted by atomic mass is 16.2. The normalized spacial score (nSPS) is 9.83. The topological polar surface area (TPSA) is 58.2 Å². The van der Waals surface area contributed by atoms with E-state index in [-0.39, 0.29) is 0 Å². The fourth-order valence-corrected chi connectivity index (χ4v) is 0.531. The Morgan fingerprint density at radius 3 is 2.42 bits per heavy atom. The van der Waals surface area contributed by atoms with Crippen LogP contribution in [0.3, 0.4) is 0 Å². The number of rotatable bonds is 5. The summed E-state index contributed by atoms with van der Waals surface area (Å²) in [6.45, 7) is 6.83. The van der Waals surface area contributed by atoms with Gasteiger partial charge >= 0.3 is 0 Å². The van der Waals surface area contributed by atoms with Crippen molar-refractivity contribution in [2.45, 2.75) is 0 Å². The summed E-state index contributed by atoms with van der Waals surface area (Å²) in [7, 11) is 0. The molecule has 0 spiro atoms. The summed E-state index contributed by atoms with van der Waals surface area (Å²) in [5, 5.41) is 0. The van der Waals surface area contributed by atoms with Gasteiger partial charge < -0.3 is 0 Å². The van der Waals surface area contributed by atoms with E-state index >= 15 is 0 Å². The van der Waals surface area contributed by atoms with Gasteiger partial charge in [-0.05, 0) is 0 Å². The molecule has 4 nitrogen and oxygen atoms in total. The third-order valence-corrected chi connectivity index (χ3v) is 1.02. The molecule has 0 saturated heterocycles. The van der Waals surface area contributed by atoms with E-state index < -0.39 is 5.91 Å². The van der Waals surface area contributed by atoms with Crippen LogP contribution in [-0.4, -0.2) is 12.3 Å². The molecule has 0 aromatic carbocycles. The first-order valence-corrected chi connectivity index (χ1v) is 3.21. The standard InChI is InChI=1S/C8H10N2O2/c1-3-5-7(4-2)8(12)10-9-6-11/h3-6H,1-2H2,(H,9,11)(H,10,12)/b7-5+. The lowest BCUT2D eigenvalue weighted by molar-refractivity contribution is -0.121. The average Bonchev–Trinajstić information content (AvgIpc) is 2.10. The van der Waals surface area contributed by atoms with Crippen molar-refractivity contribution in [1.82, 2.24) is 10.9 Å². The van der Waals surface area contributed by atoms with Crippen LogP contribution in [0.15, 0.2) is 37.0 Å². The van der Waals surface area contributed by atoms with Gasteiger partial charge in [-0.3, -0.25) is 20.4 Å². The summed E-state index contributed by atoms with van der Waals surface area (Å²) in [5.41, 5.74) is 4.47. The van der Waals surface area contributed by atoms with Gasteiger partial charge in [-0.25, -0.2) is 0 Å². The smallest absolute Gasteiger partial charge is 0.269 e. The number of amides is 2. The molecule has 0 fully saturated rings. The van der Waals surface area contributed by atoms with Crippen molar-refractivity contribution in [2.24, 2.45) is 0 Å². The molecule has 2 amide bonds. The molecule has 4 heteroatoms. The molecule has 0 saturated carbocycles. The monoisotopic (exact) mass is 166 g/mol. The van der Waals surface area contributed by atoms with E-state index in [2.05, 4.69) is 18.6 Å². The second-order valence-electron chi connectivity index (χ2n) is 1.78. The molecule has 0 aromatic rings. The van der Waals surface area contributed by atoms with E-state index in [4.69, 9.17) is 0 Å². The minimum atomic E-state index is -0.433. The van der Waals surface area contributed by atoms with E-state index in [0.29, 0.717) is 12.0 Å². The largest absolute Gasteiger partial charge is 0.277 e. The zero-order chi connectivity index (χ0) is 9.40. The van der Waals surface area contributed by atoms with Gasteiger partial charge in [0.05, 0.1) is 0 Å². The minimum absolute atomic E-state index is 0.333. The third kappa shape index (κ3) is 3.36. The number of allylic oxidation sites excluding steroid dienone is 2. The number of nitrogens with one attached hydrogen (secondary N) is 2. The molecule has 0 aliphatic carbocycles. The Balaban J connectivity index is 4.21. The van der Waals surface area contributed by atoms with E-state index in [1.165, 1.54) is 18.2 Å². The number of hydrogen-bond acceptors (Lipinski definition) is 2. The lowest BCUT2D eigenvalue weighted by atomic mass is 10.2. The number of hydrogen-bond donors (Lipinski definition) is 2. The molecule has 0 aliphatic heterocycles. The predicted molar refractivity (Wildman–Crippen MR) is 45.8 cm³/mol. The summed E-state index contributed by atoms with van der Waals surface area (Å²) in [5.74, 6) is -0.433. The molecule has 0 aromatic heterocycles. The van der Waals surface area contributed by atoms with Gasteiger partial charge in [-0.2, -0.15) is 0 Å². The Morgan fingerprint density at radius 1 is 1.33 bits per heavy atom. The molecule has 0 heterocycles. The number of hydrazine groups is 1. The van der Waals surface area contributed by atoms with Crippen molar-refractivity contribution in [3.8, 4) is 0 Å². The van der Waals surface area contributed by atoms with Crippen LogP contribution in [0.4, 0.5) is 0 Å². The lowest BCUT2D eigenvalue weighted by Gasteiger charge is -2.01. The molecule has 64 valence electrons. The second-order valence-corrected chi connectivity index (χ2v) is 1.78. The van der Waals surface area contributed by atoms with Crippen molar-refractivity contribution in [2.75, 3.05) is 0 Å². The van der Waals surface area contributed by atoms with E-state index in [9.17, 15) is 9.59 Å². The highest BCUT2D eigenvalue weighted by molar-refractivity contribution is 5.96. The van der Waals surface area contributed by atoms with Gasteiger partial charge in [0.25, 0.3) is 5.91 Å². The van der Waals surface area contributed by atoms with Gasteiger partial charge in [-0.15, -0.1) is 0 Å². The number of carbonyl (C=O) groups is 2. The van der Waals surface area contributed by atoms with Crippen LogP contribution >= 0.6 is 0 Å². The van der Waals surface area contributed by atoms with Crippen molar-refractivity contribution in [3.05, 3.63) is 37.0 Å². The Morgan fingerprint density at radius 2 is 2.00 bits per heavy atom. The molecular formula is C8H10N2O2. The van der Waals surface area contributed by atoms with E-state index in [0.717, 1.165) is 0 Å². The van der Waals surface area contributed by atoms with Gasteiger partial charge in [0.1, 0.15) is 0 Å². The summed E-state index contributed by atoms with van der Waals surface area (Å²) < 4.78 is 0. The molecular weight excluding hydrogens is 156 g/mol. The lowest BCUT2D eigenvalue weighted by Crippen LogP contribution is -2.36. The van der Waals surface area contributed by atoms with Crippen LogP contribution in [-0.2, 0) is 9.59 Å².